The zero-order valence-corrected chi connectivity index (χ0v) is 13.4. The summed E-state index contributed by atoms with van der Waals surface area (Å²) in [6.07, 6.45) is 5.38. The molecule has 0 aromatic carbocycles. The lowest BCUT2D eigenvalue weighted by molar-refractivity contribution is 0.169. The molecule has 0 bridgehead atoms. The summed E-state index contributed by atoms with van der Waals surface area (Å²) in [7, 11) is 0. The average molecular weight is 315 g/mol. The second-order valence-electron chi connectivity index (χ2n) is 5.92. The number of likely N-dealkylation sites (tertiary alicyclic amines) is 1. The van der Waals surface area contributed by atoms with E-state index in [9.17, 15) is 4.79 Å². The lowest BCUT2D eigenvalue weighted by Crippen LogP contribution is -2.45. The highest BCUT2D eigenvalue weighted by Crippen LogP contribution is 2.26. The molecule has 122 valence electrons. The van der Waals surface area contributed by atoms with Crippen molar-refractivity contribution in [3.63, 3.8) is 0 Å². The summed E-state index contributed by atoms with van der Waals surface area (Å²) in [4.78, 5) is 22.7. The van der Waals surface area contributed by atoms with E-state index in [0.29, 0.717) is 18.3 Å². The second-order valence-corrected chi connectivity index (χ2v) is 5.92. The highest BCUT2D eigenvalue weighted by Gasteiger charge is 2.28. The molecule has 2 aromatic heterocycles. The van der Waals surface area contributed by atoms with E-state index in [0.717, 1.165) is 24.9 Å². The SMILES string of the molecule is Cc1noc(C2CCCN(C(=O)NC(C)c3cccnc3)C2)n1. The number of nitrogens with one attached hydrogen (secondary N) is 1. The maximum atomic E-state index is 12.5. The fraction of sp³-hybridized carbons (Fsp3) is 0.500. The zero-order valence-electron chi connectivity index (χ0n) is 13.4. The van der Waals surface area contributed by atoms with E-state index in [4.69, 9.17) is 4.52 Å². The Hall–Kier alpha value is -2.44. The van der Waals surface area contributed by atoms with Gasteiger partial charge in [-0.25, -0.2) is 4.79 Å². The van der Waals surface area contributed by atoms with E-state index >= 15 is 0 Å². The van der Waals surface area contributed by atoms with Gasteiger partial charge in [0.1, 0.15) is 0 Å². The Morgan fingerprint density at radius 3 is 3.09 bits per heavy atom. The van der Waals surface area contributed by atoms with Crippen LogP contribution in [0.15, 0.2) is 29.0 Å². The van der Waals surface area contributed by atoms with Crippen LogP contribution in [0.5, 0.6) is 0 Å². The molecule has 0 spiro atoms. The quantitative estimate of drug-likeness (QED) is 0.940. The van der Waals surface area contributed by atoms with Gasteiger partial charge in [0.05, 0.1) is 12.0 Å². The van der Waals surface area contributed by atoms with Gasteiger partial charge in [0.15, 0.2) is 5.82 Å². The fourth-order valence-electron chi connectivity index (χ4n) is 2.83. The molecule has 0 radical (unpaired) electrons. The third-order valence-electron chi connectivity index (χ3n) is 4.13. The van der Waals surface area contributed by atoms with E-state index < -0.39 is 0 Å². The largest absolute Gasteiger partial charge is 0.339 e. The molecular formula is C16H21N5O2. The van der Waals surface area contributed by atoms with E-state index in [1.807, 2.05) is 24.0 Å². The smallest absolute Gasteiger partial charge is 0.317 e. The standard InChI is InChI=1S/C16H21N5O2/c1-11(13-5-3-7-17-9-13)18-16(22)21-8-4-6-14(10-21)15-19-12(2)20-23-15/h3,5,7,9,11,14H,4,6,8,10H2,1-2H3,(H,18,22). The van der Waals surface area contributed by atoms with Crippen molar-refractivity contribution in [2.24, 2.45) is 0 Å². The van der Waals surface area contributed by atoms with Gasteiger partial charge in [-0.3, -0.25) is 4.98 Å². The molecule has 1 N–H and O–H groups in total. The lowest BCUT2D eigenvalue weighted by atomic mass is 9.98. The van der Waals surface area contributed by atoms with Crippen LogP contribution in [-0.4, -0.2) is 39.1 Å². The van der Waals surface area contributed by atoms with E-state index in [2.05, 4.69) is 20.4 Å². The summed E-state index contributed by atoms with van der Waals surface area (Å²) in [5.74, 6) is 1.37. The molecular weight excluding hydrogens is 294 g/mol. The van der Waals surface area contributed by atoms with Gasteiger partial charge in [-0.15, -0.1) is 0 Å². The summed E-state index contributed by atoms with van der Waals surface area (Å²) in [6.45, 7) is 5.11. The third kappa shape index (κ3) is 3.67. The number of nitrogens with zero attached hydrogens (tertiary/aromatic N) is 4. The molecule has 23 heavy (non-hydrogen) atoms. The van der Waals surface area contributed by atoms with Gasteiger partial charge in [-0.05, 0) is 38.3 Å². The maximum Gasteiger partial charge on any atom is 0.317 e. The van der Waals surface area contributed by atoms with Gasteiger partial charge in [-0.2, -0.15) is 4.98 Å². The van der Waals surface area contributed by atoms with Crippen LogP contribution >= 0.6 is 0 Å². The number of amides is 2. The summed E-state index contributed by atoms with van der Waals surface area (Å²) in [5, 5.41) is 6.86. The summed E-state index contributed by atoms with van der Waals surface area (Å²) in [6, 6.07) is 3.68. The number of hydrogen-bond donors (Lipinski definition) is 1. The average Bonchev–Trinajstić information content (AvgIpc) is 3.02. The number of carbonyl (C=O) groups excluding carboxylic acids is 1. The first kappa shape index (κ1) is 15.5. The molecule has 1 saturated heterocycles. The molecule has 2 aromatic rings. The maximum absolute atomic E-state index is 12.5. The molecule has 2 atom stereocenters. The van der Waals surface area contributed by atoms with Crippen molar-refractivity contribution in [3.05, 3.63) is 41.8 Å². The summed E-state index contributed by atoms with van der Waals surface area (Å²) >= 11 is 0. The monoisotopic (exact) mass is 315 g/mol. The predicted octanol–water partition coefficient (Wildman–Crippen LogP) is 2.42. The minimum Gasteiger partial charge on any atom is -0.339 e. The first-order valence-electron chi connectivity index (χ1n) is 7.89. The number of piperidine rings is 1. The van der Waals surface area contributed by atoms with Crippen LogP contribution in [0, 0.1) is 6.92 Å². The molecule has 3 heterocycles. The Kier molecular flexibility index (Phi) is 4.55. The number of urea groups is 1. The van der Waals surface area contributed by atoms with Gasteiger partial charge in [0.25, 0.3) is 0 Å². The number of pyridine rings is 1. The lowest BCUT2D eigenvalue weighted by Gasteiger charge is -2.32. The van der Waals surface area contributed by atoms with Crippen LogP contribution in [0.4, 0.5) is 4.79 Å². The number of aromatic nitrogens is 3. The van der Waals surface area contributed by atoms with Gasteiger partial charge in [0.2, 0.25) is 5.89 Å². The van der Waals surface area contributed by atoms with Crippen LogP contribution in [0.25, 0.3) is 0 Å². The molecule has 2 unspecified atom stereocenters. The van der Waals surface area contributed by atoms with Gasteiger partial charge < -0.3 is 14.7 Å². The highest BCUT2D eigenvalue weighted by molar-refractivity contribution is 5.74. The zero-order chi connectivity index (χ0) is 16.2. The molecule has 0 saturated carbocycles. The number of aryl methyl sites for hydroxylation is 1. The molecule has 1 aliphatic rings. The van der Waals surface area contributed by atoms with Crippen LogP contribution in [-0.2, 0) is 0 Å². The molecule has 2 amide bonds. The Morgan fingerprint density at radius 2 is 2.39 bits per heavy atom. The number of hydrogen-bond acceptors (Lipinski definition) is 5. The van der Waals surface area contributed by atoms with Gasteiger partial charge in [0, 0.05) is 25.5 Å². The van der Waals surface area contributed by atoms with Crippen LogP contribution in [0.1, 0.15) is 49.0 Å². The first-order chi connectivity index (χ1) is 11.1. The molecule has 1 aliphatic heterocycles. The molecule has 7 heteroatoms. The molecule has 1 fully saturated rings. The Labute approximate surface area is 135 Å². The second kappa shape index (κ2) is 6.76. The van der Waals surface area contributed by atoms with Crippen molar-refractivity contribution in [2.75, 3.05) is 13.1 Å². The summed E-state index contributed by atoms with van der Waals surface area (Å²) in [5.41, 5.74) is 0.988. The highest BCUT2D eigenvalue weighted by atomic mass is 16.5. The van der Waals surface area contributed by atoms with Crippen molar-refractivity contribution in [1.82, 2.24) is 25.3 Å². The van der Waals surface area contributed by atoms with Crippen LogP contribution in [0.3, 0.4) is 0 Å². The number of rotatable bonds is 3. The van der Waals surface area contributed by atoms with E-state index in [1.54, 1.807) is 19.3 Å². The molecule has 0 aliphatic carbocycles. The first-order valence-corrected chi connectivity index (χ1v) is 7.89. The van der Waals surface area contributed by atoms with Crippen molar-refractivity contribution >= 4 is 6.03 Å². The Bertz CT molecular complexity index is 658. The normalized spacial score (nSPS) is 19.4. The fourth-order valence-corrected chi connectivity index (χ4v) is 2.83. The van der Waals surface area contributed by atoms with E-state index in [1.165, 1.54) is 0 Å². The van der Waals surface area contributed by atoms with Crippen LogP contribution in [0.2, 0.25) is 0 Å². The Morgan fingerprint density at radius 1 is 1.52 bits per heavy atom. The van der Waals surface area contributed by atoms with E-state index in [-0.39, 0.29) is 18.0 Å². The third-order valence-corrected chi connectivity index (χ3v) is 4.13. The molecule has 3 rings (SSSR count). The van der Waals surface area contributed by atoms with Crippen LogP contribution < -0.4 is 5.32 Å². The Balaban J connectivity index is 1.61. The van der Waals surface area contributed by atoms with Crippen molar-refractivity contribution in [1.29, 1.82) is 0 Å². The van der Waals surface area contributed by atoms with Gasteiger partial charge >= 0.3 is 6.03 Å². The van der Waals surface area contributed by atoms with Gasteiger partial charge in [-0.1, -0.05) is 11.2 Å². The summed E-state index contributed by atoms with van der Waals surface area (Å²) < 4.78 is 5.25. The molecule has 7 nitrogen and oxygen atoms in total. The number of carbonyl (C=O) groups is 1. The van der Waals surface area contributed by atoms with Crippen molar-refractivity contribution in [3.8, 4) is 0 Å². The topological polar surface area (TPSA) is 84.2 Å². The minimum absolute atomic E-state index is 0.0673. The van der Waals surface area contributed by atoms with Crippen molar-refractivity contribution < 1.29 is 9.32 Å². The van der Waals surface area contributed by atoms with Crippen molar-refractivity contribution in [2.45, 2.75) is 38.6 Å². The minimum atomic E-state index is -0.0813. The predicted molar refractivity (Wildman–Crippen MR) is 83.8 cm³/mol.